The summed E-state index contributed by atoms with van der Waals surface area (Å²) in [5.41, 5.74) is -1.12. The van der Waals surface area contributed by atoms with Gasteiger partial charge in [-0.2, -0.15) is 0 Å². The zero-order valence-electron chi connectivity index (χ0n) is 7.80. The van der Waals surface area contributed by atoms with Gasteiger partial charge in [-0.05, 0) is 25.2 Å². The van der Waals surface area contributed by atoms with Gasteiger partial charge >= 0.3 is 11.9 Å². The van der Waals surface area contributed by atoms with E-state index in [-0.39, 0.29) is 11.8 Å². The van der Waals surface area contributed by atoms with Crippen LogP contribution < -0.4 is 0 Å². The molecule has 4 atom stereocenters. The molecule has 0 aromatic heterocycles. The van der Waals surface area contributed by atoms with Crippen molar-refractivity contribution in [2.45, 2.75) is 13.3 Å². The van der Waals surface area contributed by atoms with Crippen molar-refractivity contribution >= 4 is 11.9 Å². The number of carbonyl (C=O) groups is 2. The molecule has 4 nitrogen and oxygen atoms in total. The zero-order chi connectivity index (χ0) is 10.5. The normalized spacial score (nSPS) is 44.2. The predicted octanol–water partition coefficient (Wildman–Crippen LogP) is 0.984. The van der Waals surface area contributed by atoms with Gasteiger partial charge in [-0.3, -0.25) is 9.59 Å². The van der Waals surface area contributed by atoms with Gasteiger partial charge in [0.05, 0.1) is 11.3 Å². The van der Waals surface area contributed by atoms with Crippen LogP contribution in [0.25, 0.3) is 0 Å². The van der Waals surface area contributed by atoms with Crippen LogP contribution in [-0.4, -0.2) is 22.2 Å². The summed E-state index contributed by atoms with van der Waals surface area (Å²) in [4.78, 5) is 22.1. The Bertz CT molecular complexity index is 333. The molecule has 0 saturated heterocycles. The van der Waals surface area contributed by atoms with E-state index in [9.17, 15) is 9.59 Å². The summed E-state index contributed by atoms with van der Waals surface area (Å²) in [7, 11) is 0. The molecule has 0 heterocycles. The minimum atomic E-state index is -1.12. The van der Waals surface area contributed by atoms with E-state index in [1.54, 1.807) is 6.92 Å². The Hall–Kier alpha value is -1.32. The lowest BCUT2D eigenvalue weighted by Gasteiger charge is -2.31. The number of aliphatic carboxylic acids is 2. The molecule has 2 bridgehead atoms. The van der Waals surface area contributed by atoms with E-state index in [4.69, 9.17) is 10.2 Å². The van der Waals surface area contributed by atoms with Gasteiger partial charge in [-0.25, -0.2) is 0 Å². The van der Waals surface area contributed by atoms with Crippen molar-refractivity contribution in [2.24, 2.45) is 23.2 Å². The van der Waals surface area contributed by atoms with Crippen molar-refractivity contribution in [2.75, 3.05) is 0 Å². The molecule has 1 saturated carbocycles. The van der Waals surface area contributed by atoms with Crippen LogP contribution in [0.4, 0.5) is 0 Å². The first-order valence-corrected chi connectivity index (χ1v) is 4.62. The highest BCUT2D eigenvalue weighted by atomic mass is 16.4. The van der Waals surface area contributed by atoms with Crippen molar-refractivity contribution in [1.82, 2.24) is 0 Å². The molecule has 1 fully saturated rings. The summed E-state index contributed by atoms with van der Waals surface area (Å²) in [6, 6.07) is 0. The van der Waals surface area contributed by atoms with Crippen LogP contribution in [0.5, 0.6) is 0 Å². The maximum Gasteiger partial charge on any atom is 0.310 e. The van der Waals surface area contributed by atoms with Gasteiger partial charge < -0.3 is 10.2 Å². The van der Waals surface area contributed by atoms with Crippen LogP contribution >= 0.6 is 0 Å². The predicted molar refractivity (Wildman–Crippen MR) is 47.6 cm³/mol. The highest BCUT2D eigenvalue weighted by Crippen LogP contribution is 2.56. The number of carboxylic acids is 2. The average Bonchev–Trinajstić information content (AvgIpc) is 2.61. The number of carboxylic acid groups (broad SMARTS) is 2. The van der Waals surface area contributed by atoms with Gasteiger partial charge in [-0.15, -0.1) is 0 Å². The third kappa shape index (κ3) is 0.882. The van der Waals surface area contributed by atoms with Gasteiger partial charge in [-0.1, -0.05) is 12.2 Å². The first-order chi connectivity index (χ1) is 6.48. The lowest BCUT2D eigenvalue weighted by Crippen LogP contribution is -2.43. The molecular formula is C10H12O4. The van der Waals surface area contributed by atoms with Crippen LogP contribution in [0, 0.1) is 23.2 Å². The molecule has 0 radical (unpaired) electrons. The van der Waals surface area contributed by atoms with Crippen molar-refractivity contribution in [1.29, 1.82) is 0 Å². The standard InChI is InChI=1S/C10H12O4/c1-10(9(13)14)6-3-2-5(4-6)7(10)8(11)12/h2-3,5-7H,4H2,1H3,(H,11,12)(H,13,14)/t5-,6+,7?,10?/m1/s1. The van der Waals surface area contributed by atoms with Gasteiger partial charge in [0.2, 0.25) is 0 Å². The Kier molecular flexibility index (Phi) is 1.71. The number of fused-ring (bicyclic) bond motifs is 2. The van der Waals surface area contributed by atoms with Gasteiger partial charge in [0.1, 0.15) is 0 Å². The lowest BCUT2D eigenvalue weighted by molar-refractivity contribution is -0.162. The fourth-order valence-corrected chi connectivity index (χ4v) is 2.83. The van der Waals surface area contributed by atoms with E-state index in [1.165, 1.54) is 0 Å². The highest BCUT2D eigenvalue weighted by Gasteiger charge is 2.60. The monoisotopic (exact) mass is 196 g/mol. The molecule has 4 heteroatoms. The molecule has 2 unspecified atom stereocenters. The molecule has 2 rings (SSSR count). The lowest BCUT2D eigenvalue weighted by atomic mass is 9.70. The summed E-state index contributed by atoms with van der Waals surface area (Å²) >= 11 is 0. The van der Waals surface area contributed by atoms with Crippen LogP contribution in [0.1, 0.15) is 13.3 Å². The van der Waals surface area contributed by atoms with Crippen LogP contribution in [0.15, 0.2) is 12.2 Å². The number of allylic oxidation sites excluding steroid dienone is 2. The summed E-state index contributed by atoms with van der Waals surface area (Å²) < 4.78 is 0. The molecular weight excluding hydrogens is 184 g/mol. The third-order valence-corrected chi connectivity index (χ3v) is 3.69. The molecule has 0 aliphatic heterocycles. The fraction of sp³-hybridized carbons (Fsp3) is 0.600. The first-order valence-electron chi connectivity index (χ1n) is 4.62. The van der Waals surface area contributed by atoms with Crippen molar-refractivity contribution in [3.8, 4) is 0 Å². The highest BCUT2D eigenvalue weighted by molar-refractivity contribution is 5.85. The van der Waals surface area contributed by atoms with E-state index < -0.39 is 23.3 Å². The van der Waals surface area contributed by atoms with Gasteiger partial charge in [0.15, 0.2) is 0 Å². The molecule has 2 N–H and O–H groups in total. The number of rotatable bonds is 2. The van der Waals surface area contributed by atoms with E-state index in [0.29, 0.717) is 6.42 Å². The SMILES string of the molecule is CC1(C(=O)O)C(C(=O)O)[C@@H]2C=C[C@H]1C2. The first kappa shape index (κ1) is 9.24. The van der Waals surface area contributed by atoms with E-state index >= 15 is 0 Å². The summed E-state index contributed by atoms with van der Waals surface area (Å²) in [5.74, 6) is -2.98. The number of hydrogen-bond donors (Lipinski definition) is 2. The Balaban J connectivity index is 2.45. The summed E-state index contributed by atoms with van der Waals surface area (Å²) in [6.45, 7) is 1.54. The van der Waals surface area contributed by atoms with E-state index in [1.807, 2.05) is 12.2 Å². The Morgan fingerprint density at radius 2 is 2.00 bits per heavy atom. The fourth-order valence-electron chi connectivity index (χ4n) is 2.83. The minimum absolute atomic E-state index is 0.0985. The van der Waals surface area contributed by atoms with Crippen LogP contribution in [0.3, 0.4) is 0 Å². The number of hydrogen-bond acceptors (Lipinski definition) is 2. The third-order valence-electron chi connectivity index (χ3n) is 3.69. The Morgan fingerprint density at radius 1 is 1.36 bits per heavy atom. The molecule has 76 valence electrons. The maximum absolute atomic E-state index is 11.1. The average molecular weight is 196 g/mol. The van der Waals surface area contributed by atoms with Crippen molar-refractivity contribution in [3.05, 3.63) is 12.2 Å². The molecule has 0 spiro atoms. The van der Waals surface area contributed by atoms with E-state index in [2.05, 4.69) is 0 Å². The summed E-state index contributed by atoms with van der Waals surface area (Å²) in [6.07, 6.45) is 4.35. The van der Waals surface area contributed by atoms with Gasteiger partial charge in [0.25, 0.3) is 0 Å². The zero-order valence-corrected chi connectivity index (χ0v) is 7.80. The second-order valence-corrected chi connectivity index (χ2v) is 4.29. The topological polar surface area (TPSA) is 74.6 Å². The van der Waals surface area contributed by atoms with E-state index in [0.717, 1.165) is 0 Å². The van der Waals surface area contributed by atoms with Crippen LogP contribution in [-0.2, 0) is 9.59 Å². The molecule has 0 amide bonds. The smallest absolute Gasteiger partial charge is 0.310 e. The second kappa shape index (κ2) is 2.59. The Labute approximate surface area is 81.2 Å². The molecule has 0 aromatic carbocycles. The molecule has 14 heavy (non-hydrogen) atoms. The molecule has 2 aliphatic rings. The molecule has 2 aliphatic carbocycles. The second-order valence-electron chi connectivity index (χ2n) is 4.29. The Morgan fingerprint density at radius 3 is 2.43 bits per heavy atom. The largest absolute Gasteiger partial charge is 0.481 e. The van der Waals surface area contributed by atoms with Gasteiger partial charge in [0, 0.05) is 0 Å². The quantitative estimate of drug-likeness (QED) is 0.646. The van der Waals surface area contributed by atoms with Crippen molar-refractivity contribution in [3.63, 3.8) is 0 Å². The van der Waals surface area contributed by atoms with Crippen LogP contribution in [0.2, 0.25) is 0 Å². The minimum Gasteiger partial charge on any atom is -0.481 e. The molecule has 0 aromatic rings. The maximum atomic E-state index is 11.1. The summed E-state index contributed by atoms with van der Waals surface area (Å²) in [5, 5.41) is 18.1. The van der Waals surface area contributed by atoms with Crippen molar-refractivity contribution < 1.29 is 19.8 Å².